The number of amides is 1. The Morgan fingerprint density at radius 2 is 2.11 bits per heavy atom. The van der Waals surface area contributed by atoms with Crippen LogP contribution in [0.25, 0.3) is 10.2 Å². The number of anilines is 1. The minimum atomic E-state index is -0.251. The number of ketones is 1. The van der Waals surface area contributed by atoms with Gasteiger partial charge in [-0.25, -0.2) is 9.97 Å². The number of nitrogens with one attached hydrogen (secondary N) is 1. The Labute approximate surface area is 163 Å². The summed E-state index contributed by atoms with van der Waals surface area (Å²) in [4.78, 5) is 46.9. The predicted octanol–water partition coefficient (Wildman–Crippen LogP) is 3.02. The summed E-state index contributed by atoms with van der Waals surface area (Å²) in [7, 11) is 0. The fourth-order valence-corrected chi connectivity index (χ4v) is 5.22. The summed E-state index contributed by atoms with van der Waals surface area (Å²) in [6.07, 6.45) is 5.88. The topological polar surface area (TPSA) is 94.0 Å². The molecule has 0 unspecified atom stereocenters. The van der Waals surface area contributed by atoms with E-state index in [1.54, 1.807) is 16.7 Å². The Bertz CT molecular complexity index is 1100. The van der Waals surface area contributed by atoms with E-state index in [-0.39, 0.29) is 30.2 Å². The number of Topliss-reactive ketones (excluding diaryl/α,β-unsaturated/α-hetero) is 1. The minimum Gasteiger partial charge on any atom is -0.302 e. The molecular weight excluding hydrogens is 384 g/mol. The molecule has 0 atom stereocenters. The zero-order chi connectivity index (χ0) is 19.0. The van der Waals surface area contributed by atoms with Gasteiger partial charge < -0.3 is 5.32 Å². The number of hydrogen-bond acceptors (Lipinski definition) is 7. The third-order valence-electron chi connectivity index (χ3n) is 4.63. The Morgan fingerprint density at radius 3 is 2.89 bits per heavy atom. The Balaban J connectivity index is 1.48. The van der Waals surface area contributed by atoms with E-state index in [1.807, 2.05) is 0 Å². The summed E-state index contributed by atoms with van der Waals surface area (Å²) < 4.78 is 1.51. The molecule has 1 amide bonds. The van der Waals surface area contributed by atoms with Gasteiger partial charge in [-0.3, -0.25) is 19.0 Å². The molecule has 0 aromatic carbocycles. The van der Waals surface area contributed by atoms with Crippen LogP contribution in [0.5, 0.6) is 0 Å². The van der Waals surface area contributed by atoms with Gasteiger partial charge in [-0.05, 0) is 31.2 Å². The predicted molar refractivity (Wildman–Crippen MR) is 106 cm³/mol. The van der Waals surface area contributed by atoms with Crippen LogP contribution in [-0.4, -0.2) is 26.2 Å². The van der Waals surface area contributed by atoms with Crippen LogP contribution in [0.4, 0.5) is 5.13 Å². The lowest BCUT2D eigenvalue weighted by atomic mass is 9.97. The first-order valence-corrected chi connectivity index (χ1v) is 10.5. The molecule has 0 bridgehead atoms. The van der Waals surface area contributed by atoms with E-state index in [2.05, 4.69) is 15.3 Å². The molecule has 4 rings (SSSR count). The number of carbonyl (C=O) groups is 2. The second-order valence-electron chi connectivity index (χ2n) is 6.53. The van der Waals surface area contributed by atoms with Gasteiger partial charge in [0.1, 0.15) is 10.5 Å². The Hall–Kier alpha value is -2.39. The summed E-state index contributed by atoms with van der Waals surface area (Å²) in [6, 6.07) is 0. The van der Waals surface area contributed by atoms with Crippen molar-refractivity contribution in [1.82, 2.24) is 14.5 Å². The molecule has 0 spiro atoms. The molecule has 1 aliphatic rings. The lowest BCUT2D eigenvalue weighted by Gasteiger charge is -2.10. The second-order valence-corrected chi connectivity index (χ2v) is 8.47. The summed E-state index contributed by atoms with van der Waals surface area (Å²) in [5.74, 6) is -0.393. The lowest BCUT2D eigenvalue weighted by Crippen LogP contribution is -2.24. The maximum absolute atomic E-state index is 12.9. The number of fused-ring (bicyclic) bond motifs is 3. The number of carbonyl (C=O) groups excluding carboxylic acids is 2. The van der Waals surface area contributed by atoms with Gasteiger partial charge >= 0.3 is 0 Å². The molecule has 7 nitrogen and oxygen atoms in total. The van der Waals surface area contributed by atoms with Crippen molar-refractivity contribution in [2.75, 3.05) is 5.32 Å². The van der Waals surface area contributed by atoms with Gasteiger partial charge in [-0.15, -0.1) is 22.7 Å². The molecule has 9 heteroatoms. The average molecular weight is 403 g/mol. The van der Waals surface area contributed by atoms with Crippen LogP contribution in [-0.2, 0) is 24.2 Å². The normalized spacial score (nSPS) is 13.5. The molecule has 0 saturated carbocycles. The van der Waals surface area contributed by atoms with E-state index in [1.165, 1.54) is 34.0 Å². The highest BCUT2D eigenvalue weighted by atomic mass is 32.1. The van der Waals surface area contributed by atoms with Gasteiger partial charge in [0.25, 0.3) is 5.56 Å². The van der Waals surface area contributed by atoms with Crippen LogP contribution in [0.1, 0.15) is 47.1 Å². The highest BCUT2D eigenvalue weighted by Gasteiger charge is 2.20. The van der Waals surface area contributed by atoms with Gasteiger partial charge in [0, 0.05) is 30.1 Å². The van der Waals surface area contributed by atoms with Crippen LogP contribution in [0.2, 0.25) is 0 Å². The van der Waals surface area contributed by atoms with Crippen LogP contribution in [0.3, 0.4) is 0 Å². The first-order valence-electron chi connectivity index (χ1n) is 8.79. The Kier molecular flexibility index (Phi) is 4.88. The van der Waals surface area contributed by atoms with Crippen LogP contribution < -0.4 is 10.9 Å². The van der Waals surface area contributed by atoms with E-state index in [4.69, 9.17) is 0 Å². The van der Waals surface area contributed by atoms with E-state index in [0.29, 0.717) is 10.8 Å². The number of hydrogen-bond donors (Lipinski definition) is 1. The third kappa shape index (κ3) is 3.57. The number of aryl methyl sites for hydroxylation is 3. The number of thiazole rings is 1. The van der Waals surface area contributed by atoms with E-state index in [0.717, 1.165) is 41.5 Å². The number of nitrogens with zero attached hydrogens (tertiary/aromatic N) is 3. The maximum Gasteiger partial charge on any atom is 0.262 e. The van der Waals surface area contributed by atoms with Gasteiger partial charge in [-0.1, -0.05) is 0 Å². The summed E-state index contributed by atoms with van der Waals surface area (Å²) in [5.41, 5.74) is 1.42. The molecule has 27 heavy (non-hydrogen) atoms. The zero-order valence-electron chi connectivity index (χ0n) is 14.8. The number of rotatable bonds is 5. The highest BCUT2D eigenvalue weighted by Crippen LogP contribution is 2.33. The van der Waals surface area contributed by atoms with Gasteiger partial charge in [-0.2, -0.15) is 0 Å². The summed E-state index contributed by atoms with van der Waals surface area (Å²) >= 11 is 2.82. The smallest absolute Gasteiger partial charge is 0.262 e. The third-order valence-corrected chi connectivity index (χ3v) is 6.59. The van der Waals surface area contributed by atoms with Crippen LogP contribution in [0, 0.1) is 0 Å². The van der Waals surface area contributed by atoms with Crippen LogP contribution >= 0.6 is 22.7 Å². The summed E-state index contributed by atoms with van der Waals surface area (Å²) in [5, 5.41) is 5.40. The standard InChI is InChI=1S/C18H18N4O3S2/c1-10(23)12-8-26-18(20-12)21-14(24)6-7-22-9-19-16-15(17(22)25)11-4-2-3-5-13(11)27-16/h8-9H,2-7H2,1H3,(H,20,21,24). The molecule has 3 aromatic rings. The van der Waals surface area contributed by atoms with E-state index >= 15 is 0 Å². The SMILES string of the molecule is CC(=O)c1csc(NC(=O)CCn2cnc3sc4c(c3c2=O)CCCC4)n1. The Morgan fingerprint density at radius 1 is 1.30 bits per heavy atom. The summed E-state index contributed by atoms with van der Waals surface area (Å²) in [6.45, 7) is 1.68. The molecule has 1 N–H and O–H groups in total. The highest BCUT2D eigenvalue weighted by molar-refractivity contribution is 7.18. The molecule has 140 valence electrons. The fourth-order valence-electron chi connectivity index (χ4n) is 3.24. The van der Waals surface area contributed by atoms with Crippen molar-refractivity contribution in [3.8, 4) is 0 Å². The maximum atomic E-state index is 12.9. The molecule has 1 aliphatic carbocycles. The molecule has 3 aromatic heterocycles. The molecule has 0 fully saturated rings. The molecule has 3 heterocycles. The van der Waals surface area contributed by atoms with Crippen molar-refractivity contribution in [1.29, 1.82) is 0 Å². The minimum absolute atomic E-state index is 0.0692. The van der Waals surface area contributed by atoms with Gasteiger partial charge in [0.05, 0.1) is 11.7 Å². The largest absolute Gasteiger partial charge is 0.302 e. The van der Waals surface area contributed by atoms with E-state index < -0.39 is 0 Å². The van der Waals surface area contributed by atoms with Crippen molar-refractivity contribution in [2.45, 2.75) is 45.6 Å². The quantitative estimate of drug-likeness (QED) is 0.662. The van der Waals surface area contributed by atoms with Crippen molar-refractivity contribution in [2.24, 2.45) is 0 Å². The number of aromatic nitrogens is 3. The van der Waals surface area contributed by atoms with Crippen molar-refractivity contribution < 1.29 is 9.59 Å². The molecule has 0 aliphatic heterocycles. The van der Waals surface area contributed by atoms with Crippen molar-refractivity contribution in [3.63, 3.8) is 0 Å². The first-order chi connectivity index (χ1) is 13.0. The van der Waals surface area contributed by atoms with Crippen molar-refractivity contribution in [3.05, 3.63) is 38.2 Å². The van der Waals surface area contributed by atoms with Crippen molar-refractivity contribution >= 4 is 49.7 Å². The average Bonchev–Trinajstić information content (AvgIpc) is 3.25. The lowest BCUT2D eigenvalue weighted by molar-refractivity contribution is -0.116. The van der Waals surface area contributed by atoms with E-state index in [9.17, 15) is 14.4 Å². The molecular formula is C18H18N4O3S2. The first kappa shape index (κ1) is 18.0. The molecule has 0 saturated heterocycles. The zero-order valence-corrected chi connectivity index (χ0v) is 16.4. The molecule has 0 radical (unpaired) electrons. The monoisotopic (exact) mass is 402 g/mol. The van der Waals surface area contributed by atoms with Gasteiger partial charge in [0.2, 0.25) is 5.91 Å². The van der Waals surface area contributed by atoms with Crippen LogP contribution in [0.15, 0.2) is 16.5 Å². The number of thiophene rings is 1. The fraction of sp³-hybridized carbons (Fsp3) is 0.389. The van der Waals surface area contributed by atoms with Gasteiger partial charge in [0.15, 0.2) is 10.9 Å². The second kappa shape index (κ2) is 7.32.